The van der Waals surface area contributed by atoms with Crippen molar-refractivity contribution in [2.75, 3.05) is 0 Å². The quantitative estimate of drug-likeness (QED) is 0.705. The van der Waals surface area contributed by atoms with Crippen LogP contribution in [-0.4, -0.2) is 5.38 Å². The third-order valence-corrected chi connectivity index (χ3v) is 3.15. The normalized spacial score (nSPS) is 12.8. The first-order chi connectivity index (χ1) is 6.24. The minimum absolute atomic E-state index is 0.267. The van der Waals surface area contributed by atoms with Crippen LogP contribution in [0.4, 0.5) is 0 Å². The first-order valence-corrected chi connectivity index (χ1v) is 5.84. The van der Waals surface area contributed by atoms with Crippen molar-refractivity contribution < 1.29 is 0 Å². The fourth-order valence-corrected chi connectivity index (χ4v) is 2.15. The van der Waals surface area contributed by atoms with Gasteiger partial charge in [0, 0.05) is 9.85 Å². The highest BCUT2D eigenvalue weighted by Gasteiger charge is 2.06. The second kappa shape index (κ2) is 5.66. The van der Waals surface area contributed by atoms with E-state index in [-0.39, 0.29) is 5.38 Å². The highest BCUT2D eigenvalue weighted by atomic mass is 79.9. The third-order valence-electron chi connectivity index (χ3n) is 2.00. The molecule has 1 atom stereocenters. The van der Waals surface area contributed by atoms with E-state index in [2.05, 4.69) is 41.1 Å². The fraction of sp³-hybridized carbons (Fsp3) is 0.455. The number of hydrogen-bond donors (Lipinski definition) is 0. The predicted molar refractivity (Wildman–Crippen MR) is 62.4 cm³/mol. The summed E-state index contributed by atoms with van der Waals surface area (Å²) in [5.74, 6) is 0. The molecule has 0 nitrogen and oxygen atoms in total. The molecule has 13 heavy (non-hydrogen) atoms. The average molecular weight is 262 g/mol. The molecule has 2 heteroatoms. The van der Waals surface area contributed by atoms with E-state index >= 15 is 0 Å². The van der Waals surface area contributed by atoms with Gasteiger partial charge in [0.25, 0.3) is 0 Å². The predicted octanol–water partition coefficient (Wildman–Crippen LogP) is 4.40. The van der Waals surface area contributed by atoms with Crippen LogP contribution in [-0.2, 0) is 6.42 Å². The monoisotopic (exact) mass is 260 g/mol. The Labute approximate surface area is 93.4 Å². The lowest BCUT2D eigenvalue weighted by Crippen LogP contribution is -2.02. The smallest absolute Gasteiger partial charge is 0.0376 e. The molecule has 1 aromatic carbocycles. The number of rotatable bonds is 4. The van der Waals surface area contributed by atoms with Gasteiger partial charge in [0.05, 0.1) is 0 Å². The summed E-state index contributed by atoms with van der Waals surface area (Å²) in [6.07, 6.45) is 3.19. The summed E-state index contributed by atoms with van der Waals surface area (Å²) in [4.78, 5) is 0. The maximum Gasteiger partial charge on any atom is 0.0376 e. The van der Waals surface area contributed by atoms with Gasteiger partial charge in [0.1, 0.15) is 0 Å². The average Bonchev–Trinajstić information content (AvgIpc) is 2.09. The first kappa shape index (κ1) is 11.1. The van der Waals surface area contributed by atoms with Crippen LogP contribution in [0.25, 0.3) is 0 Å². The molecule has 0 radical (unpaired) electrons. The summed E-state index contributed by atoms with van der Waals surface area (Å²) in [6, 6.07) is 8.26. The van der Waals surface area contributed by atoms with Crippen LogP contribution in [0.1, 0.15) is 25.3 Å². The van der Waals surface area contributed by atoms with E-state index in [9.17, 15) is 0 Å². The van der Waals surface area contributed by atoms with Crippen LogP contribution in [0.3, 0.4) is 0 Å². The van der Waals surface area contributed by atoms with Gasteiger partial charge in [-0.05, 0) is 24.5 Å². The van der Waals surface area contributed by atoms with Gasteiger partial charge in [-0.25, -0.2) is 0 Å². The molecule has 0 spiro atoms. The Kier molecular flexibility index (Phi) is 4.82. The summed E-state index contributed by atoms with van der Waals surface area (Å²) in [5.41, 5.74) is 1.30. The standard InChI is InChI=1S/C11H14BrCl/c1-2-5-10(13)8-9-6-3-4-7-11(9)12/h3-4,6-7,10H,2,5,8H2,1H3. The maximum atomic E-state index is 6.17. The molecule has 0 amide bonds. The molecule has 0 N–H and O–H groups in total. The summed E-state index contributed by atoms with van der Waals surface area (Å²) >= 11 is 9.68. The van der Waals surface area contributed by atoms with Crippen molar-refractivity contribution in [1.29, 1.82) is 0 Å². The van der Waals surface area contributed by atoms with E-state index in [0.717, 1.165) is 23.7 Å². The number of benzene rings is 1. The van der Waals surface area contributed by atoms with E-state index in [1.807, 2.05) is 6.07 Å². The zero-order chi connectivity index (χ0) is 9.68. The van der Waals surface area contributed by atoms with Gasteiger partial charge >= 0.3 is 0 Å². The van der Waals surface area contributed by atoms with E-state index < -0.39 is 0 Å². The van der Waals surface area contributed by atoms with Crippen molar-refractivity contribution in [2.24, 2.45) is 0 Å². The van der Waals surface area contributed by atoms with Crippen molar-refractivity contribution in [3.63, 3.8) is 0 Å². The van der Waals surface area contributed by atoms with Gasteiger partial charge in [-0.15, -0.1) is 11.6 Å². The highest BCUT2D eigenvalue weighted by Crippen LogP contribution is 2.20. The highest BCUT2D eigenvalue weighted by molar-refractivity contribution is 9.10. The Bertz CT molecular complexity index is 260. The molecule has 1 unspecified atom stereocenters. The summed E-state index contributed by atoms with van der Waals surface area (Å²) in [7, 11) is 0. The van der Waals surface area contributed by atoms with Gasteiger partial charge < -0.3 is 0 Å². The Hall–Kier alpha value is -0.0100. The minimum Gasteiger partial charge on any atom is -0.123 e. The topological polar surface area (TPSA) is 0 Å². The van der Waals surface area contributed by atoms with Crippen molar-refractivity contribution in [2.45, 2.75) is 31.6 Å². The molecule has 0 bridgehead atoms. The molecule has 0 aliphatic carbocycles. The second-order valence-corrected chi connectivity index (χ2v) is 4.65. The Balaban J connectivity index is 2.58. The van der Waals surface area contributed by atoms with Gasteiger partial charge in [0.15, 0.2) is 0 Å². The second-order valence-electron chi connectivity index (χ2n) is 3.18. The van der Waals surface area contributed by atoms with Gasteiger partial charge in [-0.1, -0.05) is 47.5 Å². The zero-order valence-electron chi connectivity index (χ0n) is 7.76. The molecule has 0 aliphatic rings. The molecule has 1 aromatic rings. The molecule has 1 rings (SSSR count). The van der Waals surface area contributed by atoms with E-state index in [0.29, 0.717) is 0 Å². The van der Waals surface area contributed by atoms with Gasteiger partial charge in [-0.2, -0.15) is 0 Å². The lowest BCUT2D eigenvalue weighted by molar-refractivity contribution is 0.725. The molecule has 0 saturated heterocycles. The van der Waals surface area contributed by atoms with E-state index in [1.165, 1.54) is 5.56 Å². The summed E-state index contributed by atoms with van der Waals surface area (Å²) in [6.45, 7) is 2.16. The van der Waals surface area contributed by atoms with Gasteiger partial charge in [-0.3, -0.25) is 0 Å². The lowest BCUT2D eigenvalue weighted by atomic mass is 10.1. The van der Waals surface area contributed by atoms with Crippen LogP contribution in [0.15, 0.2) is 28.7 Å². The van der Waals surface area contributed by atoms with Crippen molar-refractivity contribution in [3.8, 4) is 0 Å². The Morgan fingerprint density at radius 2 is 2.08 bits per heavy atom. The van der Waals surface area contributed by atoms with Crippen LogP contribution in [0, 0.1) is 0 Å². The van der Waals surface area contributed by atoms with E-state index in [4.69, 9.17) is 11.6 Å². The van der Waals surface area contributed by atoms with E-state index in [1.54, 1.807) is 0 Å². The van der Waals surface area contributed by atoms with Crippen molar-refractivity contribution >= 4 is 27.5 Å². The fourth-order valence-electron chi connectivity index (χ4n) is 1.32. The van der Waals surface area contributed by atoms with Crippen LogP contribution in [0.5, 0.6) is 0 Å². The lowest BCUT2D eigenvalue weighted by Gasteiger charge is -2.09. The summed E-state index contributed by atoms with van der Waals surface area (Å²) in [5, 5.41) is 0.267. The molecular weight excluding hydrogens is 247 g/mol. The third kappa shape index (κ3) is 3.70. The number of halogens is 2. The molecule has 72 valence electrons. The largest absolute Gasteiger partial charge is 0.123 e. The van der Waals surface area contributed by atoms with Crippen molar-refractivity contribution in [1.82, 2.24) is 0 Å². The Morgan fingerprint density at radius 3 is 2.69 bits per heavy atom. The van der Waals surface area contributed by atoms with Crippen LogP contribution < -0.4 is 0 Å². The number of hydrogen-bond acceptors (Lipinski definition) is 0. The molecule has 0 heterocycles. The molecule has 0 fully saturated rings. The summed E-state index contributed by atoms with van der Waals surface area (Å²) < 4.78 is 1.16. The zero-order valence-corrected chi connectivity index (χ0v) is 10.1. The van der Waals surface area contributed by atoms with Gasteiger partial charge in [0.2, 0.25) is 0 Å². The maximum absolute atomic E-state index is 6.17. The molecule has 0 aromatic heterocycles. The van der Waals surface area contributed by atoms with Crippen LogP contribution in [0.2, 0.25) is 0 Å². The SMILES string of the molecule is CCCC(Cl)Cc1ccccc1Br. The molecule has 0 saturated carbocycles. The minimum atomic E-state index is 0.267. The number of alkyl halides is 1. The Morgan fingerprint density at radius 1 is 1.38 bits per heavy atom. The molecule has 0 aliphatic heterocycles. The first-order valence-electron chi connectivity index (χ1n) is 4.61. The van der Waals surface area contributed by atoms with Crippen molar-refractivity contribution in [3.05, 3.63) is 34.3 Å². The molecular formula is C11H14BrCl. The van der Waals surface area contributed by atoms with Crippen LogP contribution >= 0.6 is 27.5 Å².